The highest BCUT2D eigenvalue weighted by Crippen LogP contribution is 2.14. The zero-order valence-corrected chi connectivity index (χ0v) is 9.54. The van der Waals surface area contributed by atoms with Crippen LogP contribution in [0.25, 0.3) is 0 Å². The number of benzene rings is 1. The SMILES string of the molecule is C=CCCCc1ccc(OCCC)cc1. The predicted molar refractivity (Wildman–Crippen MR) is 65.4 cm³/mol. The molecule has 0 bridgehead atoms. The fraction of sp³-hybridized carbons (Fsp3) is 0.429. The number of hydrogen-bond donors (Lipinski definition) is 0. The molecule has 0 aliphatic rings. The van der Waals surface area contributed by atoms with Gasteiger partial charge in [-0.15, -0.1) is 6.58 Å². The fourth-order valence-electron chi connectivity index (χ4n) is 1.42. The maximum atomic E-state index is 5.52. The third-order valence-electron chi connectivity index (χ3n) is 2.27. The predicted octanol–water partition coefficient (Wildman–Crippen LogP) is 3.98. The Morgan fingerprint density at radius 2 is 2.00 bits per heavy atom. The van der Waals surface area contributed by atoms with E-state index in [0.717, 1.165) is 31.6 Å². The molecule has 1 rings (SSSR count). The number of allylic oxidation sites excluding steroid dienone is 1. The first-order chi connectivity index (χ1) is 7.36. The van der Waals surface area contributed by atoms with Gasteiger partial charge in [0.25, 0.3) is 0 Å². The molecule has 0 unspecified atom stereocenters. The van der Waals surface area contributed by atoms with Crippen LogP contribution in [-0.4, -0.2) is 6.61 Å². The van der Waals surface area contributed by atoms with E-state index in [1.165, 1.54) is 12.0 Å². The van der Waals surface area contributed by atoms with Crippen LogP contribution in [0.2, 0.25) is 0 Å². The summed E-state index contributed by atoms with van der Waals surface area (Å²) < 4.78 is 5.52. The first-order valence-corrected chi connectivity index (χ1v) is 5.69. The summed E-state index contributed by atoms with van der Waals surface area (Å²) in [4.78, 5) is 0. The van der Waals surface area contributed by atoms with Gasteiger partial charge >= 0.3 is 0 Å². The van der Waals surface area contributed by atoms with Crippen molar-refractivity contribution >= 4 is 0 Å². The minimum atomic E-state index is 0.801. The molecule has 82 valence electrons. The standard InChI is InChI=1S/C14H20O/c1-3-5-6-7-13-8-10-14(11-9-13)15-12-4-2/h3,8-11H,1,4-7,12H2,2H3. The average Bonchev–Trinajstić information content (AvgIpc) is 2.28. The molecule has 0 spiro atoms. The number of rotatable bonds is 7. The van der Waals surface area contributed by atoms with E-state index < -0.39 is 0 Å². The van der Waals surface area contributed by atoms with Crippen LogP contribution in [0.5, 0.6) is 5.75 Å². The van der Waals surface area contributed by atoms with Gasteiger partial charge in [-0.25, -0.2) is 0 Å². The normalized spacial score (nSPS) is 9.93. The molecular formula is C14H20O. The Morgan fingerprint density at radius 3 is 2.60 bits per heavy atom. The molecule has 1 aromatic rings. The summed E-state index contributed by atoms with van der Waals surface area (Å²) in [6, 6.07) is 8.40. The van der Waals surface area contributed by atoms with Crippen LogP contribution < -0.4 is 4.74 Å². The van der Waals surface area contributed by atoms with Crippen molar-refractivity contribution in [1.29, 1.82) is 0 Å². The Kier molecular flexibility index (Phi) is 5.60. The molecule has 1 aromatic carbocycles. The van der Waals surface area contributed by atoms with Crippen LogP contribution in [0.15, 0.2) is 36.9 Å². The van der Waals surface area contributed by atoms with Gasteiger partial charge in [0.1, 0.15) is 5.75 Å². The van der Waals surface area contributed by atoms with Gasteiger partial charge in [0, 0.05) is 0 Å². The first kappa shape index (κ1) is 11.8. The van der Waals surface area contributed by atoms with Crippen molar-refractivity contribution in [1.82, 2.24) is 0 Å². The van der Waals surface area contributed by atoms with E-state index in [-0.39, 0.29) is 0 Å². The first-order valence-electron chi connectivity index (χ1n) is 5.69. The summed E-state index contributed by atoms with van der Waals surface area (Å²) in [5.41, 5.74) is 1.38. The molecule has 0 radical (unpaired) electrons. The van der Waals surface area contributed by atoms with Gasteiger partial charge < -0.3 is 4.74 Å². The molecule has 0 fully saturated rings. The van der Waals surface area contributed by atoms with Gasteiger partial charge in [-0.2, -0.15) is 0 Å². The topological polar surface area (TPSA) is 9.23 Å². The van der Waals surface area contributed by atoms with Crippen molar-refractivity contribution in [3.63, 3.8) is 0 Å². The molecule has 0 saturated carbocycles. The zero-order chi connectivity index (χ0) is 10.9. The summed E-state index contributed by atoms with van der Waals surface area (Å²) in [5.74, 6) is 0.976. The van der Waals surface area contributed by atoms with Gasteiger partial charge in [-0.1, -0.05) is 25.1 Å². The van der Waals surface area contributed by atoms with E-state index >= 15 is 0 Å². The molecule has 0 aromatic heterocycles. The van der Waals surface area contributed by atoms with Crippen molar-refractivity contribution in [2.45, 2.75) is 32.6 Å². The van der Waals surface area contributed by atoms with Gasteiger partial charge in [0.05, 0.1) is 6.61 Å². The number of hydrogen-bond acceptors (Lipinski definition) is 1. The summed E-state index contributed by atoms with van der Waals surface area (Å²) in [6.45, 7) is 6.64. The maximum Gasteiger partial charge on any atom is 0.119 e. The third kappa shape index (κ3) is 4.68. The second-order valence-corrected chi connectivity index (χ2v) is 3.67. The van der Waals surface area contributed by atoms with Crippen LogP contribution in [0.1, 0.15) is 31.7 Å². The smallest absolute Gasteiger partial charge is 0.119 e. The summed E-state index contributed by atoms with van der Waals surface area (Å²) in [6.07, 6.45) is 6.42. The van der Waals surface area contributed by atoms with Crippen LogP contribution in [-0.2, 0) is 6.42 Å². The molecule has 15 heavy (non-hydrogen) atoms. The van der Waals surface area contributed by atoms with Crippen molar-refractivity contribution in [3.8, 4) is 5.75 Å². The van der Waals surface area contributed by atoms with Crippen molar-refractivity contribution in [2.24, 2.45) is 0 Å². The van der Waals surface area contributed by atoms with Crippen LogP contribution in [0.3, 0.4) is 0 Å². The lowest BCUT2D eigenvalue weighted by Gasteiger charge is -2.05. The van der Waals surface area contributed by atoms with Crippen molar-refractivity contribution < 1.29 is 4.74 Å². The summed E-state index contributed by atoms with van der Waals surface area (Å²) in [5, 5.41) is 0. The van der Waals surface area contributed by atoms with E-state index in [2.05, 4.69) is 37.8 Å². The highest BCUT2D eigenvalue weighted by molar-refractivity contribution is 5.27. The molecule has 1 nitrogen and oxygen atoms in total. The molecule has 1 heteroatoms. The van der Waals surface area contributed by atoms with Gasteiger partial charge in [0.15, 0.2) is 0 Å². The van der Waals surface area contributed by atoms with E-state index in [0.29, 0.717) is 0 Å². The molecular weight excluding hydrogens is 184 g/mol. The minimum Gasteiger partial charge on any atom is -0.494 e. The fourth-order valence-corrected chi connectivity index (χ4v) is 1.42. The summed E-state index contributed by atoms with van der Waals surface area (Å²) in [7, 11) is 0. The second kappa shape index (κ2) is 7.10. The second-order valence-electron chi connectivity index (χ2n) is 3.67. The third-order valence-corrected chi connectivity index (χ3v) is 2.27. The lowest BCUT2D eigenvalue weighted by molar-refractivity contribution is 0.317. The Balaban J connectivity index is 2.38. The highest BCUT2D eigenvalue weighted by Gasteiger charge is 1.94. The Hall–Kier alpha value is -1.24. The van der Waals surface area contributed by atoms with Gasteiger partial charge in [-0.05, 0) is 43.4 Å². The monoisotopic (exact) mass is 204 g/mol. The number of aryl methyl sites for hydroxylation is 1. The van der Waals surface area contributed by atoms with Gasteiger partial charge in [0.2, 0.25) is 0 Å². The van der Waals surface area contributed by atoms with Crippen molar-refractivity contribution in [3.05, 3.63) is 42.5 Å². The molecule has 0 heterocycles. The van der Waals surface area contributed by atoms with E-state index in [9.17, 15) is 0 Å². The number of ether oxygens (including phenoxy) is 1. The quantitative estimate of drug-likeness (QED) is 0.482. The van der Waals surface area contributed by atoms with Gasteiger partial charge in [-0.3, -0.25) is 0 Å². The maximum absolute atomic E-state index is 5.52. The Labute approximate surface area is 92.8 Å². The lowest BCUT2D eigenvalue weighted by Crippen LogP contribution is -1.94. The molecule has 0 saturated heterocycles. The van der Waals surface area contributed by atoms with Crippen LogP contribution in [0, 0.1) is 0 Å². The van der Waals surface area contributed by atoms with E-state index in [1.54, 1.807) is 0 Å². The number of unbranched alkanes of at least 4 members (excludes halogenated alkanes) is 1. The zero-order valence-electron chi connectivity index (χ0n) is 9.54. The largest absolute Gasteiger partial charge is 0.494 e. The highest BCUT2D eigenvalue weighted by atomic mass is 16.5. The molecule has 0 amide bonds. The van der Waals surface area contributed by atoms with E-state index in [1.807, 2.05) is 6.08 Å². The average molecular weight is 204 g/mol. The Morgan fingerprint density at radius 1 is 1.27 bits per heavy atom. The molecule has 0 aliphatic heterocycles. The lowest BCUT2D eigenvalue weighted by atomic mass is 10.1. The Bertz CT molecular complexity index is 274. The minimum absolute atomic E-state index is 0.801. The van der Waals surface area contributed by atoms with Crippen LogP contribution >= 0.6 is 0 Å². The van der Waals surface area contributed by atoms with Crippen LogP contribution in [0.4, 0.5) is 0 Å². The molecule has 0 atom stereocenters. The van der Waals surface area contributed by atoms with E-state index in [4.69, 9.17) is 4.74 Å². The molecule has 0 aliphatic carbocycles. The summed E-state index contributed by atoms with van der Waals surface area (Å²) >= 11 is 0. The molecule has 0 N–H and O–H groups in total. The van der Waals surface area contributed by atoms with Crippen molar-refractivity contribution in [2.75, 3.05) is 6.61 Å².